The van der Waals surface area contributed by atoms with Crippen LogP contribution in [-0.4, -0.2) is 4.98 Å². The SMILES string of the molecule is Fc1ccc2c(c1)CCCC2=Cc1ccncc1. The molecule has 0 saturated heterocycles. The molecule has 2 heteroatoms. The van der Waals surface area contributed by atoms with Crippen LogP contribution in [0.25, 0.3) is 11.6 Å². The highest BCUT2D eigenvalue weighted by Crippen LogP contribution is 2.32. The summed E-state index contributed by atoms with van der Waals surface area (Å²) >= 11 is 0. The van der Waals surface area contributed by atoms with Gasteiger partial charge in [-0.2, -0.15) is 0 Å². The maximum absolute atomic E-state index is 13.2. The second-order valence-corrected chi connectivity index (χ2v) is 4.61. The van der Waals surface area contributed by atoms with E-state index in [1.165, 1.54) is 11.1 Å². The van der Waals surface area contributed by atoms with E-state index in [2.05, 4.69) is 11.1 Å². The van der Waals surface area contributed by atoms with Crippen molar-refractivity contribution in [1.29, 1.82) is 0 Å². The molecule has 18 heavy (non-hydrogen) atoms. The molecule has 1 aliphatic carbocycles. The van der Waals surface area contributed by atoms with Crippen molar-refractivity contribution in [2.45, 2.75) is 19.3 Å². The predicted octanol–water partition coefficient (Wildman–Crippen LogP) is 4.10. The molecule has 0 aliphatic heterocycles. The van der Waals surface area contributed by atoms with Gasteiger partial charge in [0.2, 0.25) is 0 Å². The lowest BCUT2D eigenvalue weighted by Crippen LogP contribution is -2.02. The van der Waals surface area contributed by atoms with Crippen molar-refractivity contribution in [2.75, 3.05) is 0 Å². The number of halogens is 1. The smallest absolute Gasteiger partial charge is 0.123 e. The van der Waals surface area contributed by atoms with Crippen LogP contribution in [0.2, 0.25) is 0 Å². The Kier molecular flexibility index (Phi) is 2.93. The summed E-state index contributed by atoms with van der Waals surface area (Å²) < 4.78 is 13.2. The van der Waals surface area contributed by atoms with Crippen molar-refractivity contribution in [3.63, 3.8) is 0 Å². The highest BCUT2D eigenvalue weighted by molar-refractivity contribution is 5.83. The summed E-state index contributed by atoms with van der Waals surface area (Å²) in [4.78, 5) is 4.02. The lowest BCUT2D eigenvalue weighted by atomic mass is 9.86. The predicted molar refractivity (Wildman–Crippen MR) is 71.4 cm³/mol. The molecule has 0 bridgehead atoms. The molecule has 3 rings (SSSR count). The Morgan fingerprint density at radius 1 is 1.06 bits per heavy atom. The molecule has 0 atom stereocenters. The first-order valence-corrected chi connectivity index (χ1v) is 6.22. The van der Waals surface area contributed by atoms with E-state index in [-0.39, 0.29) is 5.82 Å². The van der Waals surface area contributed by atoms with E-state index in [0.29, 0.717) is 0 Å². The normalized spacial score (nSPS) is 16.6. The zero-order chi connectivity index (χ0) is 12.4. The van der Waals surface area contributed by atoms with Crippen molar-refractivity contribution in [3.8, 4) is 0 Å². The van der Waals surface area contributed by atoms with Crippen LogP contribution >= 0.6 is 0 Å². The Labute approximate surface area is 106 Å². The molecule has 0 N–H and O–H groups in total. The van der Waals surface area contributed by atoms with Gasteiger partial charge in [0.25, 0.3) is 0 Å². The summed E-state index contributed by atoms with van der Waals surface area (Å²) in [5, 5.41) is 0. The van der Waals surface area contributed by atoms with Gasteiger partial charge in [-0.25, -0.2) is 4.39 Å². The first-order chi connectivity index (χ1) is 8.83. The molecule has 1 heterocycles. The molecule has 1 aromatic carbocycles. The molecule has 0 saturated carbocycles. The second-order valence-electron chi connectivity index (χ2n) is 4.61. The fraction of sp³-hybridized carbons (Fsp3) is 0.188. The van der Waals surface area contributed by atoms with E-state index in [9.17, 15) is 4.39 Å². The lowest BCUT2D eigenvalue weighted by molar-refractivity contribution is 0.623. The Morgan fingerprint density at radius 2 is 1.89 bits per heavy atom. The average Bonchev–Trinajstić information content (AvgIpc) is 2.40. The van der Waals surface area contributed by atoms with Gasteiger partial charge in [0.15, 0.2) is 0 Å². The van der Waals surface area contributed by atoms with Crippen molar-refractivity contribution in [1.82, 2.24) is 4.98 Å². The number of aryl methyl sites for hydroxylation is 1. The van der Waals surface area contributed by atoms with Gasteiger partial charge in [0, 0.05) is 12.4 Å². The molecular formula is C16H14FN. The molecule has 1 nitrogen and oxygen atoms in total. The van der Waals surface area contributed by atoms with E-state index < -0.39 is 0 Å². The van der Waals surface area contributed by atoms with Gasteiger partial charge >= 0.3 is 0 Å². The van der Waals surface area contributed by atoms with Crippen LogP contribution in [0.1, 0.15) is 29.5 Å². The number of fused-ring (bicyclic) bond motifs is 1. The fourth-order valence-electron chi connectivity index (χ4n) is 2.50. The van der Waals surface area contributed by atoms with E-state index in [1.54, 1.807) is 24.5 Å². The van der Waals surface area contributed by atoms with Gasteiger partial charge in [0.1, 0.15) is 5.82 Å². The summed E-state index contributed by atoms with van der Waals surface area (Å²) in [7, 11) is 0. The van der Waals surface area contributed by atoms with Gasteiger partial charge in [-0.1, -0.05) is 12.1 Å². The van der Waals surface area contributed by atoms with Gasteiger partial charge in [0.05, 0.1) is 0 Å². The molecule has 0 radical (unpaired) electrons. The third-order valence-electron chi connectivity index (χ3n) is 3.35. The summed E-state index contributed by atoms with van der Waals surface area (Å²) in [6, 6.07) is 9.09. The highest BCUT2D eigenvalue weighted by Gasteiger charge is 2.14. The third-order valence-corrected chi connectivity index (χ3v) is 3.35. The van der Waals surface area contributed by atoms with Crippen LogP contribution < -0.4 is 0 Å². The number of aromatic nitrogens is 1. The molecule has 0 spiro atoms. The molecule has 0 unspecified atom stereocenters. The maximum Gasteiger partial charge on any atom is 0.123 e. The van der Waals surface area contributed by atoms with Gasteiger partial charge in [-0.15, -0.1) is 0 Å². The molecule has 1 aromatic heterocycles. The highest BCUT2D eigenvalue weighted by atomic mass is 19.1. The van der Waals surface area contributed by atoms with Crippen molar-refractivity contribution in [3.05, 3.63) is 65.2 Å². The van der Waals surface area contributed by atoms with Gasteiger partial charge < -0.3 is 0 Å². The van der Waals surface area contributed by atoms with Crippen LogP contribution in [0.3, 0.4) is 0 Å². The Balaban J connectivity index is 2.04. The molecular weight excluding hydrogens is 225 g/mol. The minimum Gasteiger partial charge on any atom is -0.265 e. The zero-order valence-electron chi connectivity index (χ0n) is 10.1. The summed E-state index contributed by atoms with van der Waals surface area (Å²) in [6.45, 7) is 0. The molecule has 1 aliphatic rings. The number of rotatable bonds is 1. The number of hydrogen-bond donors (Lipinski definition) is 0. The standard InChI is InChI=1S/C16H14FN/c17-15-4-5-16-13(2-1-3-14(16)11-15)10-12-6-8-18-9-7-12/h4-11H,1-3H2. The van der Waals surface area contributed by atoms with Crippen LogP contribution in [0.5, 0.6) is 0 Å². The number of allylic oxidation sites excluding steroid dienone is 1. The lowest BCUT2D eigenvalue weighted by Gasteiger charge is -2.19. The van der Waals surface area contributed by atoms with E-state index in [1.807, 2.05) is 18.2 Å². The summed E-state index contributed by atoms with van der Waals surface area (Å²) in [5.41, 5.74) is 4.76. The summed E-state index contributed by atoms with van der Waals surface area (Å²) in [5.74, 6) is -0.140. The molecule has 2 aromatic rings. The van der Waals surface area contributed by atoms with Gasteiger partial charge in [-0.3, -0.25) is 4.98 Å². The third kappa shape index (κ3) is 2.19. The Hall–Kier alpha value is -1.96. The largest absolute Gasteiger partial charge is 0.265 e. The van der Waals surface area contributed by atoms with Crippen molar-refractivity contribution >= 4 is 11.6 Å². The zero-order valence-corrected chi connectivity index (χ0v) is 10.1. The minimum absolute atomic E-state index is 0.140. The number of pyridine rings is 1. The Morgan fingerprint density at radius 3 is 2.72 bits per heavy atom. The molecule has 0 amide bonds. The van der Waals surface area contributed by atoms with Crippen LogP contribution in [-0.2, 0) is 6.42 Å². The van der Waals surface area contributed by atoms with Crippen molar-refractivity contribution < 1.29 is 4.39 Å². The van der Waals surface area contributed by atoms with Gasteiger partial charge in [-0.05, 0) is 65.8 Å². The van der Waals surface area contributed by atoms with Crippen LogP contribution in [0.15, 0.2) is 42.7 Å². The van der Waals surface area contributed by atoms with Crippen molar-refractivity contribution in [2.24, 2.45) is 0 Å². The number of benzene rings is 1. The van der Waals surface area contributed by atoms with E-state index in [0.717, 1.165) is 30.4 Å². The topological polar surface area (TPSA) is 12.9 Å². The van der Waals surface area contributed by atoms with E-state index in [4.69, 9.17) is 0 Å². The number of hydrogen-bond acceptors (Lipinski definition) is 1. The van der Waals surface area contributed by atoms with E-state index >= 15 is 0 Å². The Bertz CT molecular complexity index is 587. The maximum atomic E-state index is 13.2. The minimum atomic E-state index is -0.140. The quantitative estimate of drug-likeness (QED) is 0.730. The molecule has 90 valence electrons. The summed E-state index contributed by atoms with van der Waals surface area (Å²) in [6.07, 6.45) is 8.88. The second kappa shape index (κ2) is 4.73. The number of nitrogens with zero attached hydrogens (tertiary/aromatic N) is 1. The van der Waals surface area contributed by atoms with Crippen LogP contribution in [0, 0.1) is 5.82 Å². The molecule has 0 fully saturated rings. The first-order valence-electron chi connectivity index (χ1n) is 6.22. The van der Waals surface area contributed by atoms with Crippen LogP contribution in [0.4, 0.5) is 4.39 Å². The average molecular weight is 239 g/mol. The fourth-order valence-corrected chi connectivity index (χ4v) is 2.50. The monoisotopic (exact) mass is 239 g/mol. The first kappa shape index (κ1) is 11.1.